The number of benzene rings is 1. The summed E-state index contributed by atoms with van der Waals surface area (Å²) in [4.78, 5) is 18.9. The normalized spacial score (nSPS) is 21.4. The molecule has 9 heteroatoms. The second-order valence-electron chi connectivity index (χ2n) is 8.50. The van der Waals surface area contributed by atoms with Crippen molar-refractivity contribution >= 4 is 23.4 Å². The van der Waals surface area contributed by atoms with Crippen LogP contribution in [-0.4, -0.2) is 56.7 Å². The summed E-state index contributed by atoms with van der Waals surface area (Å²) in [6.45, 7) is 3.89. The van der Waals surface area contributed by atoms with E-state index in [2.05, 4.69) is 37.8 Å². The SMILES string of the molecule is CC1CCC(Nc2nccc(-n3nnc4ccccc43)n2)CC1.O=CNC1CCOCC1. The Bertz CT molecular complexity index is 995. The summed E-state index contributed by atoms with van der Waals surface area (Å²) in [6.07, 6.45) is 9.35. The fourth-order valence-electron chi connectivity index (χ4n) is 4.12. The molecule has 0 bridgehead atoms. The van der Waals surface area contributed by atoms with Crippen molar-refractivity contribution in [2.24, 2.45) is 5.92 Å². The predicted octanol–water partition coefficient (Wildman–Crippen LogP) is 3.11. The van der Waals surface area contributed by atoms with E-state index in [-0.39, 0.29) is 0 Å². The Kier molecular flexibility index (Phi) is 7.60. The highest BCUT2D eigenvalue weighted by molar-refractivity contribution is 5.75. The Labute approximate surface area is 188 Å². The van der Waals surface area contributed by atoms with Crippen LogP contribution in [-0.2, 0) is 9.53 Å². The first-order chi connectivity index (χ1) is 15.7. The van der Waals surface area contributed by atoms with Gasteiger partial charge in [0, 0.05) is 37.6 Å². The van der Waals surface area contributed by atoms with Gasteiger partial charge in [-0.05, 0) is 56.6 Å². The van der Waals surface area contributed by atoms with E-state index in [1.807, 2.05) is 30.3 Å². The van der Waals surface area contributed by atoms with Crippen LogP contribution in [0.3, 0.4) is 0 Å². The van der Waals surface area contributed by atoms with Crippen LogP contribution >= 0.6 is 0 Å². The van der Waals surface area contributed by atoms with Crippen molar-refractivity contribution < 1.29 is 9.53 Å². The molecular weight excluding hydrogens is 406 g/mol. The highest BCUT2D eigenvalue weighted by Crippen LogP contribution is 2.25. The van der Waals surface area contributed by atoms with E-state index in [1.165, 1.54) is 25.7 Å². The maximum Gasteiger partial charge on any atom is 0.224 e. The summed E-state index contributed by atoms with van der Waals surface area (Å²) in [6, 6.07) is 10.6. The molecule has 9 nitrogen and oxygen atoms in total. The van der Waals surface area contributed by atoms with Gasteiger partial charge in [0.1, 0.15) is 5.52 Å². The number of para-hydroxylation sites is 1. The lowest BCUT2D eigenvalue weighted by atomic mass is 9.87. The molecule has 1 aliphatic heterocycles. The van der Waals surface area contributed by atoms with Crippen molar-refractivity contribution in [3.05, 3.63) is 36.5 Å². The fourth-order valence-corrected chi connectivity index (χ4v) is 4.12. The van der Waals surface area contributed by atoms with Crippen LogP contribution in [0.15, 0.2) is 36.5 Å². The second kappa shape index (κ2) is 11.0. The van der Waals surface area contributed by atoms with Crippen LogP contribution < -0.4 is 10.6 Å². The number of aromatic nitrogens is 5. The van der Waals surface area contributed by atoms with Gasteiger partial charge < -0.3 is 15.4 Å². The van der Waals surface area contributed by atoms with E-state index < -0.39 is 0 Å². The van der Waals surface area contributed by atoms with Crippen molar-refractivity contribution in [3.8, 4) is 5.82 Å². The van der Waals surface area contributed by atoms with Gasteiger partial charge in [0.15, 0.2) is 5.82 Å². The molecule has 3 heterocycles. The standard InChI is InChI=1S/C17H20N6.C6H11NO2/c1-12-6-8-13(9-7-12)19-17-18-11-10-16(20-17)23-15-5-3-2-4-14(15)21-22-23;8-5-7-6-1-3-9-4-2-6/h2-5,10-13H,6-9H2,1H3,(H,18,19,20);5-6H,1-4H2,(H,7,8). The third-order valence-electron chi connectivity index (χ3n) is 6.08. The lowest BCUT2D eigenvalue weighted by molar-refractivity contribution is -0.110. The molecule has 2 N–H and O–H groups in total. The minimum Gasteiger partial charge on any atom is -0.381 e. The zero-order valence-corrected chi connectivity index (χ0v) is 18.5. The molecule has 170 valence electrons. The van der Waals surface area contributed by atoms with Gasteiger partial charge in [-0.25, -0.2) is 4.98 Å². The number of anilines is 1. The first-order valence-electron chi connectivity index (χ1n) is 11.4. The van der Waals surface area contributed by atoms with Crippen LogP contribution in [0.1, 0.15) is 45.4 Å². The molecule has 0 radical (unpaired) electrons. The maximum atomic E-state index is 9.92. The minimum atomic E-state index is 0.358. The van der Waals surface area contributed by atoms with Crippen LogP contribution in [0, 0.1) is 5.92 Å². The number of carbonyl (C=O) groups is 1. The van der Waals surface area contributed by atoms with Gasteiger partial charge in [-0.1, -0.05) is 24.3 Å². The topological polar surface area (TPSA) is 107 Å². The average Bonchev–Trinajstić information content (AvgIpc) is 3.27. The average molecular weight is 438 g/mol. The smallest absolute Gasteiger partial charge is 0.224 e. The molecule has 1 saturated carbocycles. The van der Waals surface area contributed by atoms with E-state index in [0.29, 0.717) is 18.0 Å². The van der Waals surface area contributed by atoms with E-state index >= 15 is 0 Å². The summed E-state index contributed by atoms with van der Waals surface area (Å²) < 4.78 is 6.85. The predicted molar refractivity (Wildman–Crippen MR) is 123 cm³/mol. The third kappa shape index (κ3) is 5.79. The molecule has 0 spiro atoms. The molecule has 32 heavy (non-hydrogen) atoms. The van der Waals surface area contributed by atoms with Crippen molar-refractivity contribution in [1.82, 2.24) is 30.3 Å². The summed E-state index contributed by atoms with van der Waals surface area (Å²) in [5.41, 5.74) is 1.81. The van der Waals surface area contributed by atoms with E-state index in [0.717, 1.165) is 55.2 Å². The number of nitrogens with zero attached hydrogens (tertiary/aromatic N) is 5. The number of hydrogen-bond donors (Lipinski definition) is 2. The summed E-state index contributed by atoms with van der Waals surface area (Å²) in [5, 5.41) is 14.6. The molecule has 2 fully saturated rings. The van der Waals surface area contributed by atoms with Gasteiger partial charge in [-0.2, -0.15) is 9.67 Å². The second-order valence-corrected chi connectivity index (χ2v) is 8.50. The Morgan fingerprint density at radius 2 is 1.81 bits per heavy atom. The Morgan fingerprint density at radius 3 is 2.59 bits per heavy atom. The van der Waals surface area contributed by atoms with Gasteiger partial charge in [0.25, 0.3) is 0 Å². The van der Waals surface area contributed by atoms with Crippen LogP contribution in [0.5, 0.6) is 0 Å². The van der Waals surface area contributed by atoms with E-state index in [1.54, 1.807) is 10.9 Å². The number of hydrogen-bond acceptors (Lipinski definition) is 7. The maximum absolute atomic E-state index is 9.92. The zero-order valence-electron chi connectivity index (χ0n) is 18.5. The molecule has 5 rings (SSSR count). The fraction of sp³-hybridized carbons (Fsp3) is 0.522. The highest BCUT2D eigenvalue weighted by atomic mass is 16.5. The molecule has 1 saturated heterocycles. The van der Waals surface area contributed by atoms with Gasteiger partial charge in [-0.3, -0.25) is 4.79 Å². The van der Waals surface area contributed by atoms with E-state index in [4.69, 9.17) is 4.74 Å². The number of ether oxygens (including phenoxy) is 1. The summed E-state index contributed by atoms with van der Waals surface area (Å²) in [5.74, 6) is 2.24. The van der Waals surface area contributed by atoms with Crippen molar-refractivity contribution in [2.75, 3.05) is 18.5 Å². The lowest BCUT2D eigenvalue weighted by Crippen LogP contribution is -2.33. The summed E-state index contributed by atoms with van der Waals surface area (Å²) >= 11 is 0. The van der Waals surface area contributed by atoms with Crippen LogP contribution in [0.2, 0.25) is 0 Å². The zero-order chi connectivity index (χ0) is 22.2. The number of nitrogens with one attached hydrogen (secondary N) is 2. The molecule has 0 unspecified atom stereocenters. The first-order valence-corrected chi connectivity index (χ1v) is 11.4. The van der Waals surface area contributed by atoms with Crippen molar-refractivity contribution in [1.29, 1.82) is 0 Å². The van der Waals surface area contributed by atoms with Crippen molar-refractivity contribution in [3.63, 3.8) is 0 Å². The number of amides is 1. The Balaban J connectivity index is 0.000000230. The summed E-state index contributed by atoms with van der Waals surface area (Å²) in [7, 11) is 0. The molecule has 1 amide bonds. The van der Waals surface area contributed by atoms with Gasteiger partial charge >= 0.3 is 0 Å². The van der Waals surface area contributed by atoms with Gasteiger partial charge in [-0.15, -0.1) is 5.10 Å². The molecule has 0 atom stereocenters. The van der Waals surface area contributed by atoms with Crippen molar-refractivity contribution in [2.45, 2.75) is 57.5 Å². The third-order valence-corrected chi connectivity index (χ3v) is 6.08. The number of rotatable bonds is 5. The molecule has 3 aromatic rings. The number of carbonyl (C=O) groups excluding carboxylic acids is 1. The highest BCUT2D eigenvalue weighted by Gasteiger charge is 2.19. The van der Waals surface area contributed by atoms with Crippen LogP contribution in [0.4, 0.5) is 5.95 Å². The minimum absolute atomic E-state index is 0.358. The van der Waals surface area contributed by atoms with Gasteiger partial charge in [0.05, 0.1) is 5.52 Å². The molecule has 1 aromatic carbocycles. The quantitative estimate of drug-likeness (QED) is 0.591. The molecule has 2 aromatic heterocycles. The Morgan fingerprint density at radius 1 is 1.03 bits per heavy atom. The molecule has 2 aliphatic rings. The van der Waals surface area contributed by atoms with E-state index in [9.17, 15) is 4.79 Å². The largest absolute Gasteiger partial charge is 0.381 e. The lowest BCUT2D eigenvalue weighted by Gasteiger charge is -2.26. The molecule has 1 aliphatic carbocycles. The molecular formula is C23H31N7O2. The number of fused-ring (bicyclic) bond motifs is 1. The monoisotopic (exact) mass is 437 g/mol. The Hall–Kier alpha value is -3.07. The first kappa shape index (κ1) is 22.1. The van der Waals surface area contributed by atoms with Crippen LogP contribution in [0.25, 0.3) is 16.9 Å². The van der Waals surface area contributed by atoms with Gasteiger partial charge in [0.2, 0.25) is 12.4 Å².